The number of hydrogen-bond acceptors (Lipinski definition) is 9. The minimum atomic E-state index is -0.423. The third-order valence-corrected chi connectivity index (χ3v) is 7.42. The van der Waals surface area contributed by atoms with Gasteiger partial charge in [0, 0.05) is 22.4 Å². The number of thiophene rings is 1. The van der Waals surface area contributed by atoms with Gasteiger partial charge in [-0.05, 0) is 32.8 Å². The molecule has 0 saturated carbocycles. The summed E-state index contributed by atoms with van der Waals surface area (Å²) in [6.45, 7) is 8.81. The van der Waals surface area contributed by atoms with Crippen molar-refractivity contribution in [2.45, 2.75) is 58.7 Å². The maximum atomic E-state index is 12.5. The number of hydrogen-bond donors (Lipinski definition) is 1. The second kappa shape index (κ2) is 11.6. The van der Waals surface area contributed by atoms with E-state index in [1.807, 2.05) is 0 Å². The summed E-state index contributed by atoms with van der Waals surface area (Å²) in [5.41, 5.74) is 1.61. The highest BCUT2D eigenvalue weighted by atomic mass is 32.2. The molecular formula is C21H27N5O3S3. The number of nitrogens with zero attached hydrogens (tertiary/aromatic N) is 4. The Balaban J connectivity index is 1.66. The summed E-state index contributed by atoms with van der Waals surface area (Å²) in [6.07, 6.45) is 3.10. The second-order valence-electron chi connectivity index (χ2n) is 7.00. The molecule has 0 aliphatic heterocycles. The Hall–Kier alpha value is -2.24. The van der Waals surface area contributed by atoms with Crippen molar-refractivity contribution in [1.29, 1.82) is 0 Å². The largest absolute Gasteiger partial charge is 0.462 e. The number of anilines is 1. The highest BCUT2D eigenvalue weighted by molar-refractivity contribution is 7.99. The van der Waals surface area contributed by atoms with Crippen molar-refractivity contribution in [1.82, 2.24) is 19.7 Å². The molecule has 0 spiro atoms. The van der Waals surface area contributed by atoms with Gasteiger partial charge in [-0.15, -0.1) is 21.5 Å². The smallest absolute Gasteiger partial charge is 0.350 e. The lowest BCUT2D eigenvalue weighted by Gasteiger charge is -2.07. The van der Waals surface area contributed by atoms with Crippen molar-refractivity contribution in [3.05, 3.63) is 26.9 Å². The van der Waals surface area contributed by atoms with E-state index in [-0.39, 0.29) is 11.7 Å². The molecule has 0 radical (unpaired) electrons. The van der Waals surface area contributed by atoms with Gasteiger partial charge in [0.15, 0.2) is 16.1 Å². The first kappa shape index (κ1) is 24.4. The molecule has 0 aliphatic rings. The second-order valence-corrected chi connectivity index (χ2v) is 9.94. The maximum absolute atomic E-state index is 12.5. The van der Waals surface area contributed by atoms with Crippen LogP contribution in [-0.4, -0.2) is 44.0 Å². The molecule has 8 nitrogen and oxygen atoms in total. The van der Waals surface area contributed by atoms with Gasteiger partial charge >= 0.3 is 5.97 Å². The summed E-state index contributed by atoms with van der Waals surface area (Å²) in [5.74, 6) is 0.364. The van der Waals surface area contributed by atoms with Gasteiger partial charge in [0.25, 0.3) is 0 Å². The molecule has 32 heavy (non-hydrogen) atoms. The molecule has 0 fully saturated rings. The molecule has 3 aromatic heterocycles. The van der Waals surface area contributed by atoms with E-state index in [9.17, 15) is 9.59 Å². The van der Waals surface area contributed by atoms with Gasteiger partial charge in [-0.3, -0.25) is 4.79 Å². The van der Waals surface area contributed by atoms with Crippen LogP contribution in [0, 0.1) is 6.92 Å². The lowest BCUT2D eigenvalue weighted by Crippen LogP contribution is -2.14. The van der Waals surface area contributed by atoms with Crippen molar-refractivity contribution in [2.24, 2.45) is 0 Å². The quantitative estimate of drug-likeness (QED) is 0.295. The van der Waals surface area contributed by atoms with Crippen molar-refractivity contribution in [3.63, 3.8) is 0 Å². The first-order chi connectivity index (χ1) is 15.5. The predicted molar refractivity (Wildman–Crippen MR) is 130 cm³/mol. The van der Waals surface area contributed by atoms with E-state index >= 15 is 0 Å². The number of amides is 1. The van der Waals surface area contributed by atoms with Gasteiger partial charge in [0.05, 0.1) is 18.1 Å². The van der Waals surface area contributed by atoms with Gasteiger partial charge in [0.1, 0.15) is 4.88 Å². The highest BCUT2D eigenvalue weighted by Crippen LogP contribution is 2.29. The molecule has 172 valence electrons. The number of aryl methyl sites for hydroxylation is 2. The minimum Gasteiger partial charge on any atom is -0.462 e. The van der Waals surface area contributed by atoms with Crippen LogP contribution < -0.4 is 5.32 Å². The van der Waals surface area contributed by atoms with Crippen molar-refractivity contribution < 1.29 is 14.3 Å². The maximum Gasteiger partial charge on any atom is 0.350 e. The van der Waals surface area contributed by atoms with Crippen LogP contribution in [-0.2, 0) is 22.5 Å². The Morgan fingerprint density at radius 2 is 2.03 bits per heavy atom. The monoisotopic (exact) mass is 493 g/mol. The summed E-state index contributed by atoms with van der Waals surface area (Å²) in [6, 6.07) is 2.18. The van der Waals surface area contributed by atoms with Gasteiger partial charge in [-0.25, -0.2) is 9.78 Å². The third-order valence-electron chi connectivity index (χ3n) is 4.41. The molecule has 11 heteroatoms. The van der Waals surface area contributed by atoms with E-state index in [0.717, 1.165) is 48.5 Å². The number of thioether (sulfide) groups is 1. The number of esters is 1. The minimum absolute atomic E-state index is 0.167. The molecule has 0 bridgehead atoms. The van der Waals surface area contributed by atoms with Crippen molar-refractivity contribution >= 4 is 51.4 Å². The summed E-state index contributed by atoms with van der Waals surface area (Å²) in [5, 5.41) is 14.7. The number of ether oxygens (including phenoxy) is 1. The molecule has 3 aromatic rings. The van der Waals surface area contributed by atoms with Crippen LogP contribution in [0.3, 0.4) is 0 Å². The highest BCUT2D eigenvalue weighted by Gasteiger charge is 2.19. The van der Waals surface area contributed by atoms with E-state index in [1.54, 1.807) is 25.2 Å². The first-order valence-corrected chi connectivity index (χ1v) is 13.2. The molecule has 0 aromatic carbocycles. The van der Waals surface area contributed by atoms with Crippen LogP contribution in [0.15, 0.2) is 16.6 Å². The SMILES string of the molecule is CCCc1cc(-c2nnc(SCC(=O)Nc3nc(C)c(C(=O)OCC)s3)n2CCC)cs1. The number of nitrogens with one attached hydrogen (secondary N) is 1. The zero-order valence-electron chi connectivity index (χ0n) is 18.6. The molecule has 0 unspecified atom stereocenters. The first-order valence-electron chi connectivity index (χ1n) is 10.5. The fourth-order valence-electron chi connectivity index (χ4n) is 3.03. The number of carbonyl (C=O) groups excluding carboxylic acids is 2. The number of carbonyl (C=O) groups is 2. The Kier molecular flexibility index (Phi) is 8.83. The van der Waals surface area contributed by atoms with Crippen LogP contribution in [0.2, 0.25) is 0 Å². The van der Waals surface area contributed by atoms with Crippen LogP contribution >= 0.6 is 34.4 Å². The molecule has 0 atom stereocenters. The number of thiazole rings is 1. The average Bonchev–Trinajstić information content (AvgIpc) is 3.46. The van der Waals surface area contributed by atoms with Crippen LogP contribution in [0.25, 0.3) is 11.4 Å². The zero-order chi connectivity index (χ0) is 23.1. The third kappa shape index (κ3) is 5.96. The standard InChI is InChI=1S/C21H27N5O3S3/c1-5-8-15-10-14(11-30-15)18-24-25-21(26(18)9-6-2)31-12-16(27)23-20-22-13(4)17(32-20)19(28)29-7-3/h10-11H,5-9,12H2,1-4H3,(H,22,23,27). The van der Waals surface area contributed by atoms with E-state index in [2.05, 4.69) is 50.4 Å². The van der Waals surface area contributed by atoms with Crippen molar-refractivity contribution in [2.75, 3.05) is 17.7 Å². The van der Waals surface area contributed by atoms with Crippen LogP contribution in [0.1, 0.15) is 53.9 Å². The summed E-state index contributed by atoms with van der Waals surface area (Å²) in [7, 11) is 0. The fourth-order valence-corrected chi connectivity index (χ4v) is 5.64. The normalized spacial score (nSPS) is 11.0. The van der Waals surface area contributed by atoms with Gasteiger partial charge in [0.2, 0.25) is 5.91 Å². The van der Waals surface area contributed by atoms with E-state index in [4.69, 9.17) is 4.74 Å². The summed E-state index contributed by atoms with van der Waals surface area (Å²) in [4.78, 5) is 30.4. The molecule has 1 N–H and O–H groups in total. The molecule has 1 amide bonds. The lowest BCUT2D eigenvalue weighted by molar-refractivity contribution is -0.113. The Morgan fingerprint density at radius 1 is 1.22 bits per heavy atom. The molecule has 3 heterocycles. The fraction of sp³-hybridized carbons (Fsp3) is 0.476. The van der Waals surface area contributed by atoms with E-state index in [1.165, 1.54) is 16.6 Å². The Bertz CT molecular complexity index is 1070. The topological polar surface area (TPSA) is 99.0 Å². The zero-order valence-corrected chi connectivity index (χ0v) is 21.1. The van der Waals surface area contributed by atoms with Crippen LogP contribution in [0.4, 0.5) is 5.13 Å². The molecular weight excluding hydrogens is 466 g/mol. The van der Waals surface area contributed by atoms with Gasteiger partial charge in [-0.1, -0.05) is 43.4 Å². The van der Waals surface area contributed by atoms with Crippen LogP contribution in [0.5, 0.6) is 0 Å². The Labute approximate surface area is 199 Å². The summed E-state index contributed by atoms with van der Waals surface area (Å²) >= 11 is 4.20. The molecule has 0 saturated heterocycles. The van der Waals surface area contributed by atoms with Gasteiger partial charge in [-0.2, -0.15) is 0 Å². The summed E-state index contributed by atoms with van der Waals surface area (Å²) < 4.78 is 7.09. The Morgan fingerprint density at radius 3 is 2.75 bits per heavy atom. The van der Waals surface area contributed by atoms with E-state index < -0.39 is 5.97 Å². The van der Waals surface area contributed by atoms with E-state index in [0.29, 0.717) is 27.5 Å². The predicted octanol–water partition coefficient (Wildman–Crippen LogP) is 5.04. The molecule has 3 rings (SSSR count). The van der Waals surface area contributed by atoms with Crippen molar-refractivity contribution in [3.8, 4) is 11.4 Å². The lowest BCUT2D eigenvalue weighted by atomic mass is 10.2. The van der Waals surface area contributed by atoms with Gasteiger partial charge < -0.3 is 14.6 Å². The molecule has 0 aliphatic carbocycles. The number of aromatic nitrogens is 4. The average molecular weight is 494 g/mol. The number of rotatable bonds is 11.